The Morgan fingerprint density at radius 3 is 2.56 bits per heavy atom. The molecule has 0 aliphatic carbocycles. The molecule has 0 saturated carbocycles. The SMILES string of the molecule is CC(Sc1nnc(N)s1)C(=O)Nc1ccc(S(=O)(=O)N2CCOCC2)cc1. The normalized spacial score (nSPS) is 16.8. The quantitative estimate of drug-likeness (QED) is 0.657. The fourth-order valence-electron chi connectivity index (χ4n) is 2.36. The lowest BCUT2D eigenvalue weighted by Crippen LogP contribution is -2.40. The number of nitrogens with one attached hydrogen (secondary N) is 1. The third-order valence-corrected chi connectivity index (χ3v) is 7.65. The summed E-state index contributed by atoms with van der Waals surface area (Å²) in [5.74, 6) is -0.224. The van der Waals surface area contributed by atoms with Crippen molar-refractivity contribution >= 4 is 49.8 Å². The van der Waals surface area contributed by atoms with Gasteiger partial charge in [-0.3, -0.25) is 4.79 Å². The molecule has 3 rings (SSSR count). The zero-order valence-electron chi connectivity index (χ0n) is 14.5. The summed E-state index contributed by atoms with van der Waals surface area (Å²) in [6, 6.07) is 6.13. The van der Waals surface area contributed by atoms with E-state index in [0.29, 0.717) is 41.5 Å². The molecule has 1 atom stereocenters. The van der Waals surface area contributed by atoms with Crippen molar-refractivity contribution in [1.29, 1.82) is 0 Å². The second-order valence-electron chi connectivity index (χ2n) is 5.70. The second-order valence-corrected chi connectivity index (χ2v) is 10.2. The van der Waals surface area contributed by atoms with Gasteiger partial charge in [-0.2, -0.15) is 4.31 Å². The number of nitrogens with two attached hydrogens (primary N) is 1. The lowest BCUT2D eigenvalue weighted by atomic mass is 10.3. The van der Waals surface area contributed by atoms with E-state index < -0.39 is 15.3 Å². The summed E-state index contributed by atoms with van der Waals surface area (Å²) < 4.78 is 32.4. The zero-order valence-corrected chi connectivity index (χ0v) is 16.9. The average Bonchev–Trinajstić information content (AvgIpc) is 3.07. The van der Waals surface area contributed by atoms with Crippen LogP contribution in [-0.2, 0) is 19.6 Å². The lowest BCUT2D eigenvalue weighted by molar-refractivity contribution is -0.115. The molecule has 1 saturated heterocycles. The highest BCUT2D eigenvalue weighted by Gasteiger charge is 2.26. The molecular weight excluding hydrogens is 410 g/mol. The molecule has 2 heterocycles. The summed E-state index contributed by atoms with van der Waals surface area (Å²) >= 11 is 2.47. The number of carbonyl (C=O) groups excluding carboxylic acids is 1. The molecule has 146 valence electrons. The van der Waals surface area contributed by atoms with E-state index in [1.807, 2.05) is 0 Å². The first-order valence-electron chi connectivity index (χ1n) is 8.11. The molecule has 1 aromatic carbocycles. The maximum absolute atomic E-state index is 12.6. The number of rotatable bonds is 6. The van der Waals surface area contributed by atoms with Gasteiger partial charge in [0.1, 0.15) is 0 Å². The molecule has 3 N–H and O–H groups in total. The summed E-state index contributed by atoms with van der Waals surface area (Å²) in [5, 5.41) is 10.3. The topological polar surface area (TPSA) is 128 Å². The minimum atomic E-state index is -3.55. The van der Waals surface area contributed by atoms with Crippen LogP contribution in [0.4, 0.5) is 10.8 Å². The summed E-state index contributed by atoms with van der Waals surface area (Å²) in [4.78, 5) is 12.5. The van der Waals surface area contributed by atoms with E-state index in [-0.39, 0.29) is 10.8 Å². The highest BCUT2D eigenvalue weighted by atomic mass is 32.2. The van der Waals surface area contributed by atoms with Crippen LogP contribution in [0, 0.1) is 0 Å². The summed E-state index contributed by atoms with van der Waals surface area (Å²) in [6.07, 6.45) is 0. The molecule has 2 aromatic rings. The van der Waals surface area contributed by atoms with E-state index in [2.05, 4.69) is 15.5 Å². The molecule has 1 aliphatic rings. The molecular formula is C15H19N5O4S3. The first-order chi connectivity index (χ1) is 12.9. The summed E-state index contributed by atoms with van der Waals surface area (Å²) in [5.41, 5.74) is 6.05. The van der Waals surface area contributed by atoms with Crippen molar-refractivity contribution < 1.29 is 17.9 Å². The van der Waals surface area contributed by atoms with Gasteiger partial charge in [-0.15, -0.1) is 10.2 Å². The maximum Gasteiger partial charge on any atom is 0.243 e. The molecule has 0 radical (unpaired) electrons. The van der Waals surface area contributed by atoms with E-state index in [1.54, 1.807) is 19.1 Å². The number of hydrogen-bond acceptors (Lipinski definition) is 9. The number of anilines is 2. The van der Waals surface area contributed by atoms with Crippen molar-refractivity contribution in [2.45, 2.75) is 21.4 Å². The largest absolute Gasteiger partial charge is 0.379 e. The van der Waals surface area contributed by atoms with Crippen LogP contribution in [0.1, 0.15) is 6.92 Å². The molecule has 12 heteroatoms. The van der Waals surface area contributed by atoms with Gasteiger partial charge in [0.2, 0.25) is 21.1 Å². The van der Waals surface area contributed by atoms with E-state index in [9.17, 15) is 13.2 Å². The van der Waals surface area contributed by atoms with Crippen LogP contribution >= 0.6 is 23.1 Å². The Balaban J connectivity index is 1.62. The van der Waals surface area contributed by atoms with Crippen LogP contribution < -0.4 is 11.1 Å². The maximum atomic E-state index is 12.6. The number of amides is 1. The second kappa shape index (κ2) is 8.52. The third-order valence-electron chi connectivity index (χ3n) is 3.80. The van der Waals surface area contributed by atoms with Crippen LogP contribution in [0.5, 0.6) is 0 Å². The average molecular weight is 430 g/mol. The highest BCUT2D eigenvalue weighted by molar-refractivity contribution is 8.02. The lowest BCUT2D eigenvalue weighted by Gasteiger charge is -2.26. The van der Waals surface area contributed by atoms with Crippen molar-refractivity contribution in [3.63, 3.8) is 0 Å². The number of ether oxygens (including phenoxy) is 1. The Bertz CT molecular complexity index is 894. The van der Waals surface area contributed by atoms with Crippen molar-refractivity contribution in [3.8, 4) is 0 Å². The van der Waals surface area contributed by atoms with E-state index in [1.165, 1.54) is 39.5 Å². The molecule has 1 aliphatic heterocycles. The predicted octanol–water partition coefficient (Wildman–Crippen LogP) is 1.26. The molecule has 1 unspecified atom stereocenters. The van der Waals surface area contributed by atoms with Crippen molar-refractivity contribution in [2.75, 3.05) is 37.4 Å². The summed E-state index contributed by atoms with van der Waals surface area (Å²) in [6.45, 7) is 3.21. The fraction of sp³-hybridized carbons (Fsp3) is 0.400. The van der Waals surface area contributed by atoms with Crippen LogP contribution in [0.15, 0.2) is 33.5 Å². The Kier molecular flexibility index (Phi) is 6.32. The first kappa shape index (κ1) is 20.0. The van der Waals surface area contributed by atoms with E-state index >= 15 is 0 Å². The van der Waals surface area contributed by atoms with Crippen molar-refractivity contribution in [1.82, 2.24) is 14.5 Å². The van der Waals surface area contributed by atoms with Crippen LogP contribution in [0.2, 0.25) is 0 Å². The zero-order chi connectivity index (χ0) is 19.4. The third kappa shape index (κ3) is 4.96. The standard InChI is InChI=1S/C15H19N5O4S3/c1-10(25-15-19-18-14(16)26-15)13(21)17-11-2-4-12(5-3-11)27(22,23)20-6-8-24-9-7-20/h2-5,10H,6-9H2,1H3,(H2,16,18)(H,17,21). The molecule has 0 spiro atoms. The van der Waals surface area contributed by atoms with Crippen LogP contribution in [-0.4, -0.2) is 60.4 Å². The van der Waals surface area contributed by atoms with Gasteiger partial charge in [0.05, 0.1) is 23.4 Å². The molecule has 9 nitrogen and oxygen atoms in total. The van der Waals surface area contributed by atoms with Gasteiger partial charge in [0.15, 0.2) is 4.34 Å². The van der Waals surface area contributed by atoms with Crippen LogP contribution in [0.25, 0.3) is 0 Å². The van der Waals surface area contributed by atoms with Crippen LogP contribution in [0.3, 0.4) is 0 Å². The Morgan fingerprint density at radius 1 is 1.30 bits per heavy atom. The Labute approximate surface area is 165 Å². The molecule has 1 aromatic heterocycles. The molecule has 1 amide bonds. The van der Waals surface area contributed by atoms with Gasteiger partial charge in [0, 0.05) is 18.8 Å². The number of thioether (sulfide) groups is 1. The van der Waals surface area contributed by atoms with Gasteiger partial charge in [-0.1, -0.05) is 23.1 Å². The monoisotopic (exact) mass is 429 g/mol. The molecule has 1 fully saturated rings. The van der Waals surface area contributed by atoms with Crippen molar-refractivity contribution in [2.24, 2.45) is 0 Å². The number of benzene rings is 1. The Hall–Kier alpha value is -1.73. The number of sulfonamides is 1. The Morgan fingerprint density at radius 2 is 1.96 bits per heavy atom. The minimum Gasteiger partial charge on any atom is -0.379 e. The highest BCUT2D eigenvalue weighted by Crippen LogP contribution is 2.28. The smallest absolute Gasteiger partial charge is 0.243 e. The molecule has 0 bridgehead atoms. The molecule has 27 heavy (non-hydrogen) atoms. The van der Waals surface area contributed by atoms with E-state index in [0.717, 1.165) is 0 Å². The first-order valence-corrected chi connectivity index (χ1v) is 11.2. The van der Waals surface area contributed by atoms with Gasteiger partial charge < -0.3 is 15.8 Å². The number of carbonyl (C=O) groups is 1. The van der Waals surface area contributed by atoms with Crippen molar-refractivity contribution in [3.05, 3.63) is 24.3 Å². The predicted molar refractivity (Wildman–Crippen MR) is 104 cm³/mol. The van der Waals surface area contributed by atoms with Gasteiger partial charge in [-0.25, -0.2) is 8.42 Å². The number of nitrogen functional groups attached to an aromatic ring is 1. The van der Waals surface area contributed by atoms with Gasteiger partial charge >= 0.3 is 0 Å². The fourth-order valence-corrected chi connectivity index (χ4v) is 5.55. The summed E-state index contributed by atoms with van der Waals surface area (Å²) in [7, 11) is -3.55. The van der Waals surface area contributed by atoms with Gasteiger partial charge in [-0.05, 0) is 31.2 Å². The number of morpholine rings is 1. The minimum absolute atomic E-state index is 0.189. The van der Waals surface area contributed by atoms with Gasteiger partial charge in [0.25, 0.3) is 0 Å². The number of aromatic nitrogens is 2. The number of hydrogen-bond donors (Lipinski definition) is 2. The van der Waals surface area contributed by atoms with E-state index in [4.69, 9.17) is 10.5 Å². The number of nitrogens with zero attached hydrogens (tertiary/aromatic N) is 3.